The summed E-state index contributed by atoms with van der Waals surface area (Å²) in [6, 6.07) is 0. The summed E-state index contributed by atoms with van der Waals surface area (Å²) < 4.78 is 42.4. The number of nitrogens with one attached hydrogen (secondary N) is 2. The molecule has 0 aromatic carbocycles. The van der Waals surface area contributed by atoms with E-state index < -0.39 is 33.7 Å². The maximum atomic E-state index is 12.2. The summed E-state index contributed by atoms with van der Waals surface area (Å²) in [7, 11) is -4.94. The van der Waals surface area contributed by atoms with Gasteiger partial charge in [-0.3, -0.25) is 23.7 Å². The van der Waals surface area contributed by atoms with Crippen molar-refractivity contribution in [2.24, 2.45) is 0 Å². The molecule has 0 fully saturated rings. The molecule has 0 aromatic heterocycles. The summed E-state index contributed by atoms with van der Waals surface area (Å²) in [5.74, 6) is -2.71. The second-order valence-electron chi connectivity index (χ2n) is 10.7. The molecule has 0 saturated carbocycles. The molecule has 0 radical (unpaired) electrons. The Kier molecular flexibility index (Phi) is 35.8. The van der Waals surface area contributed by atoms with Gasteiger partial charge in [-0.1, -0.05) is 104 Å². The van der Waals surface area contributed by atoms with Crippen LogP contribution in [0.15, 0.2) is 0 Å². The molecule has 0 aliphatic heterocycles. The maximum absolute atomic E-state index is 12.2. The molecule has 11 nitrogen and oxygen atoms in total. The Bertz CT molecular complexity index is 873. The van der Waals surface area contributed by atoms with Gasteiger partial charge in [-0.15, -0.1) is 0 Å². The van der Waals surface area contributed by atoms with Crippen LogP contribution in [0.2, 0.25) is 0 Å². The van der Waals surface area contributed by atoms with Crippen molar-refractivity contribution >= 4 is 33.9 Å². The standard InChI is InChI=1S/C30H56N2O9S.2Na.2H/c1-3-5-7-9-11-13-15-17-19-27(33)31-21-23-40-29(35)25-26(42(37,38)39)30(36)41-24-22-32-28(34)20-18-16-14-12-10-8-6-4-2;;;;/h26H,3-25H2,1-2H3,(H,31,33)(H,32,34)(H,37,38,39);;;;/q;2*+1;2*-1. The van der Waals surface area contributed by atoms with E-state index in [9.17, 15) is 32.1 Å². The van der Waals surface area contributed by atoms with Crippen molar-refractivity contribution in [3.63, 3.8) is 0 Å². The Balaban J connectivity index is -0.00000140. The Morgan fingerprint density at radius 3 is 1.39 bits per heavy atom. The summed E-state index contributed by atoms with van der Waals surface area (Å²) >= 11 is 0. The number of hydrogen-bond acceptors (Lipinski definition) is 8. The van der Waals surface area contributed by atoms with Crippen LogP contribution in [0.3, 0.4) is 0 Å². The smallest absolute Gasteiger partial charge is 1.00 e. The van der Waals surface area contributed by atoms with Crippen molar-refractivity contribution in [3.8, 4) is 0 Å². The molecule has 0 rings (SSSR count). The van der Waals surface area contributed by atoms with Crippen LogP contribution in [0, 0.1) is 0 Å². The van der Waals surface area contributed by atoms with Crippen LogP contribution >= 0.6 is 0 Å². The SMILES string of the molecule is CCCCCCCCCCC(=O)NCCOC(=O)CC(C(=O)OCCNC(=O)CCCCCCCCCC)S(=O)(=O)O.[H-].[H-].[Na+].[Na+]. The molecule has 0 aliphatic carbocycles. The fourth-order valence-electron chi connectivity index (χ4n) is 4.33. The minimum absolute atomic E-state index is 0. The zero-order valence-electron chi connectivity index (χ0n) is 30.0. The number of amides is 2. The van der Waals surface area contributed by atoms with Crippen molar-refractivity contribution in [2.75, 3.05) is 26.3 Å². The van der Waals surface area contributed by atoms with Crippen LogP contribution in [0.5, 0.6) is 0 Å². The Morgan fingerprint density at radius 1 is 0.636 bits per heavy atom. The summed E-state index contributed by atoms with van der Waals surface area (Å²) in [6.07, 6.45) is 17.6. The molecule has 0 aliphatic rings. The zero-order valence-corrected chi connectivity index (χ0v) is 32.8. The Morgan fingerprint density at radius 2 is 1.00 bits per heavy atom. The molecule has 0 spiro atoms. The van der Waals surface area contributed by atoms with E-state index in [4.69, 9.17) is 9.47 Å². The van der Waals surface area contributed by atoms with Crippen LogP contribution in [-0.2, 0) is 38.8 Å². The van der Waals surface area contributed by atoms with E-state index in [0.29, 0.717) is 12.8 Å². The number of unbranched alkanes of at least 4 members (excludes halogenated alkanes) is 14. The zero-order chi connectivity index (χ0) is 31.5. The molecule has 3 N–H and O–H groups in total. The average molecular weight is 669 g/mol. The van der Waals surface area contributed by atoms with E-state index >= 15 is 0 Å². The molecule has 2 amide bonds. The molecule has 0 bridgehead atoms. The first-order valence-electron chi connectivity index (χ1n) is 15.9. The average Bonchev–Trinajstić information content (AvgIpc) is 2.94. The van der Waals surface area contributed by atoms with Gasteiger partial charge < -0.3 is 23.0 Å². The largest absolute Gasteiger partial charge is 1.00 e. The van der Waals surface area contributed by atoms with Gasteiger partial charge in [0.2, 0.25) is 11.8 Å². The van der Waals surface area contributed by atoms with Gasteiger partial charge in [-0.2, -0.15) is 8.42 Å². The van der Waals surface area contributed by atoms with E-state index in [1.54, 1.807) is 0 Å². The second-order valence-corrected chi connectivity index (χ2v) is 12.3. The van der Waals surface area contributed by atoms with E-state index in [0.717, 1.165) is 44.9 Å². The van der Waals surface area contributed by atoms with E-state index in [1.165, 1.54) is 57.8 Å². The molecule has 0 saturated heterocycles. The Labute approximate surface area is 313 Å². The van der Waals surface area contributed by atoms with Gasteiger partial charge in [0.05, 0.1) is 19.5 Å². The van der Waals surface area contributed by atoms with Crippen LogP contribution in [0.25, 0.3) is 0 Å². The first-order valence-corrected chi connectivity index (χ1v) is 17.4. The Hall–Kier alpha value is -0.210. The molecule has 0 aromatic rings. The van der Waals surface area contributed by atoms with Crippen molar-refractivity contribution in [1.82, 2.24) is 10.6 Å². The van der Waals surface area contributed by atoms with Gasteiger partial charge in [-0.25, -0.2) is 0 Å². The van der Waals surface area contributed by atoms with Gasteiger partial charge in [-0.05, 0) is 12.8 Å². The molecule has 1 atom stereocenters. The minimum Gasteiger partial charge on any atom is -1.00 e. The van der Waals surface area contributed by atoms with Crippen LogP contribution in [0.1, 0.15) is 139 Å². The number of hydrogen-bond donors (Lipinski definition) is 3. The second kappa shape index (κ2) is 32.7. The first-order chi connectivity index (χ1) is 20.1. The number of rotatable bonds is 28. The molecule has 1 unspecified atom stereocenters. The molecule has 250 valence electrons. The normalized spacial score (nSPS) is 11.4. The van der Waals surface area contributed by atoms with Crippen LogP contribution in [0.4, 0.5) is 0 Å². The van der Waals surface area contributed by atoms with Crippen LogP contribution in [-0.4, -0.2) is 68.3 Å². The van der Waals surface area contributed by atoms with Crippen molar-refractivity contribution < 1.29 is 104 Å². The summed E-state index contributed by atoms with van der Waals surface area (Å²) in [4.78, 5) is 48.1. The quantitative estimate of drug-likeness (QED) is 0.0421. The third-order valence-electron chi connectivity index (χ3n) is 6.85. The van der Waals surface area contributed by atoms with Gasteiger partial charge in [0.25, 0.3) is 10.1 Å². The number of ether oxygens (including phenoxy) is 2. The van der Waals surface area contributed by atoms with Gasteiger partial charge >= 0.3 is 71.1 Å². The first kappa shape index (κ1) is 48.2. The molecule has 0 heterocycles. The summed E-state index contributed by atoms with van der Waals surface area (Å²) in [6.45, 7) is 3.85. The third-order valence-corrected chi connectivity index (χ3v) is 7.92. The van der Waals surface area contributed by atoms with Crippen LogP contribution < -0.4 is 69.7 Å². The summed E-state index contributed by atoms with van der Waals surface area (Å²) in [5.41, 5.74) is 0. The number of carbonyl (C=O) groups excluding carboxylic acids is 4. The predicted molar refractivity (Wildman–Crippen MR) is 165 cm³/mol. The molecular formula is C30H58N2Na2O9S. The van der Waals surface area contributed by atoms with Crippen molar-refractivity contribution in [1.29, 1.82) is 0 Å². The third kappa shape index (κ3) is 30.4. The molecule has 44 heavy (non-hydrogen) atoms. The topological polar surface area (TPSA) is 165 Å². The van der Waals surface area contributed by atoms with Gasteiger partial charge in [0, 0.05) is 12.8 Å². The van der Waals surface area contributed by atoms with E-state index in [-0.39, 0.29) is 100 Å². The minimum atomic E-state index is -4.94. The predicted octanol–water partition coefficient (Wildman–Crippen LogP) is -0.754. The van der Waals surface area contributed by atoms with E-state index in [2.05, 4.69) is 24.5 Å². The maximum Gasteiger partial charge on any atom is 1.00 e. The van der Waals surface area contributed by atoms with Crippen molar-refractivity contribution in [2.45, 2.75) is 141 Å². The number of carbonyl (C=O) groups is 4. The summed E-state index contributed by atoms with van der Waals surface area (Å²) in [5, 5.41) is 3.07. The number of esters is 2. The van der Waals surface area contributed by atoms with E-state index in [1.807, 2.05) is 0 Å². The van der Waals surface area contributed by atoms with Crippen molar-refractivity contribution in [3.05, 3.63) is 0 Å². The fraction of sp³-hybridized carbons (Fsp3) is 0.867. The molecular weight excluding hydrogens is 610 g/mol. The molecule has 14 heteroatoms. The van der Waals surface area contributed by atoms with Gasteiger partial charge in [0.15, 0.2) is 5.25 Å². The fourth-order valence-corrected chi connectivity index (χ4v) is 4.98. The van der Waals surface area contributed by atoms with Gasteiger partial charge in [0.1, 0.15) is 13.2 Å². The monoisotopic (exact) mass is 668 g/mol.